The monoisotopic (exact) mass is 333 g/mol. The number of aryl methyl sites for hydroxylation is 3. The third kappa shape index (κ3) is 4.09. The van der Waals surface area contributed by atoms with Crippen molar-refractivity contribution in [3.8, 4) is 0 Å². The molecule has 0 radical (unpaired) electrons. The lowest BCUT2D eigenvalue weighted by atomic mass is 9.73. The summed E-state index contributed by atoms with van der Waals surface area (Å²) >= 11 is 5.20. The smallest absolute Gasteiger partial charge is 0.215 e. The van der Waals surface area contributed by atoms with Crippen molar-refractivity contribution < 1.29 is 5.11 Å². The van der Waals surface area contributed by atoms with E-state index in [0.29, 0.717) is 17.7 Å². The van der Waals surface area contributed by atoms with Gasteiger partial charge in [-0.3, -0.25) is 9.78 Å². The lowest BCUT2D eigenvalue weighted by Gasteiger charge is -2.40. The van der Waals surface area contributed by atoms with E-state index in [1.807, 2.05) is 0 Å². The largest absolute Gasteiger partial charge is 0.387 e. The molecule has 1 aromatic heterocycles. The standard InChI is InChI=1S/C18H27N3OS/c1-13-6-7-15(14(2)10-13)8-9-18(22,17(3,4)5)11-21-16(23)19-12-20-21/h6-7,10,12,22H,8-9,11H2,1-5H3,(H,19,20,23). The Balaban J connectivity index is 2.22. The van der Waals surface area contributed by atoms with E-state index in [1.165, 1.54) is 16.7 Å². The van der Waals surface area contributed by atoms with Crippen molar-refractivity contribution in [3.63, 3.8) is 0 Å². The van der Waals surface area contributed by atoms with Crippen LogP contribution in [-0.4, -0.2) is 25.5 Å². The highest BCUT2D eigenvalue weighted by atomic mass is 32.1. The molecule has 0 aliphatic heterocycles. The molecule has 0 saturated carbocycles. The van der Waals surface area contributed by atoms with Crippen LogP contribution in [0.5, 0.6) is 0 Å². The fourth-order valence-electron chi connectivity index (χ4n) is 2.81. The summed E-state index contributed by atoms with van der Waals surface area (Å²) in [5, 5.41) is 14.3. The molecule has 0 aliphatic rings. The molecular weight excluding hydrogens is 306 g/mol. The van der Waals surface area contributed by atoms with Gasteiger partial charge in [0.05, 0.1) is 12.1 Å². The number of rotatable bonds is 5. The van der Waals surface area contributed by atoms with Crippen molar-refractivity contribution >= 4 is 12.2 Å². The molecule has 0 bridgehead atoms. The topological polar surface area (TPSA) is 53.8 Å². The molecule has 5 heteroatoms. The highest BCUT2D eigenvalue weighted by molar-refractivity contribution is 7.71. The molecule has 2 rings (SSSR count). The number of hydrogen-bond acceptors (Lipinski definition) is 3. The van der Waals surface area contributed by atoms with E-state index in [2.05, 4.69) is 62.9 Å². The predicted octanol–water partition coefficient (Wildman–Crippen LogP) is 3.97. The van der Waals surface area contributed by atoms with Crippen LogP contribution in [0, 0.1) is 24.0 Å². The summed E-state index contributed by atoms with van der Waals surface area (Å²) < 4.78 is 2.21. The fourth-order valence-corrected chi connectivity index (χ4v) is 2.98. The first-order valence-electron chi connectivity index (χ1n) is 8.01. The van der Waals surface area contributed by atoms with E-state index < -0.39 is 5.60 Å². The minimum atomic E-state index is -0.880. The van der Waals surface area contributed by atoms with Gasteiger partial charge >= 0.3 is 0 Å². The van der Waals surface area contributed by atoms with Crippen LogP contribution in [0.4, 0.5) is 0 Å². The zero-order chi connectivity index (χ0) is 17.3. The van der Waals surface area contributed by atoms with Gasteiger partial charge in [-0.15, -0.1) is 0 Å². The van der Waals surface area contributed by atoms with Gasteiger partial charge in [0.25, 0.3) is 0 Å². The predicted molar refractivity (Wildman–Crippen MR) is 96.1 cm³/mol. The molecule has 0 spiro atoms. The van der Waals surface area contributed by atoms with E-state index in [4.69, 9.17) is 12.2 Å². The summed E-state index contributed by atoms with van der Waals surface area (Å²) in [5.41, 5.74) is 2.67. The Labute approximate surface area is 143 Å². The van der Waals surface area contributed by atoms with E-state index in [-0.39, 0.29) is 5.41 Å². The van der Waals surface area contributed by atoms with Crippen LogP contribution in [0.15, 0.2) is 24.5 Å². The van der Waals surface area contributed by atoms with Crippen LogP contribution >= 0.6 is 12.2 Å². The van der Waals surface area contributed by atoms with Crippen LogP contribution in [0.2, 0.25) is 0 Å². The number of benzene rings is 1. The Bertz CT molecular complexity index is 726. The van der Waals surface area contributed by atoms with Crippen molar-refractivity contribution in [1.29, 1.82) is 0 Å². The lowest BCUT2D eigenvalue weighted by Crippen LogP contribution is -2.47. The Morgan fingerprint density at radius 3 is 2.48 bits per heavy atom. The Hall–Kier alpha value is -1.46. The summed E-state index contributed by atoms with van der Waals surface area (Å²) in [6, 6.07) is 6.48. The molecule has 0 amide bonds. The number of aromatic nitrogens is 3. The second kappa shape index (κ2) is 6.57. The van der Waals surface area contributed by atoms with Gasteiger partial charge in [0, 0.05) is 0 Å². The van der Waals surface area contributed by atoms with E-state index in [0.717, 1.165) is 6.42 Å². The van der Waals surface area contributed by atoms with Crippen molar-refractivity contribution in [2.45, 2.75) is 59.6 Å². The quantitative estimate of drug-likeness (QED) is 0.814. The average Bonchev–Trinajstić information content (AvgIpc) is 2.82. The van der Waals surface area contributed by atoms with Gasteiger partial charge in [0.1, 0.15) is 6.33 Å². The maximum Gasteiger partial charge on any atom is 0.215 e. The second-order valence-corrected chi connectivity index (χ2v) is 7.83. The molecule has 0 saturated heterocycles. The molecular formula is C18H27N3OS. The van der Waals surface area contributed by atoms with Crippen LogP contribution in [-0.2, 0) is 13.0 Å². The third-order valence-electron chi connectivity index (χ3n) is 4.74. The number of nitrogens with zero attached hydrogens (tertiary/aromatic N) is 2. The first-order valence-corrected chi connectivity index (χ1v) is 8.42. The minimum Gasteiger partial charge on any atom is -0.387 e. The molecule has 2 N–H and O–H groups in total. The maximum atomic E-state index is 11.3. The maximum absolute atomic E-state index is 11.3. The summed E-state index contributed by atoms with van der Waals surface area (Å²) in [6.07, 6.45) is 3.07. The second-order valence-electron chi connectivity index (χ2n) is 7.47. The lowest BCUT2D eigenvalue weighted by molar-refractivity contribution is -0.0799. The van der Waals surface area contributed by atoms with Crippen molar-refractivity contribution in [2.24, 2.45) is 5.41 Å². The number of aliphatic hydroxyl groups is 1. The SMILES string of the molecule is Cc1ccc(CCC(O)(Cn2[nH]cnc2=S)C(C)(C)C)c(C)c1. The molecule has 1 heterocycles. The molecule has 126 valence electrons. The number of nitrogens with one attached hydrogen (secondary N) is 1. The molecule has 4 nitrogen and oxygen atoms in total. The highest BCUT2D eigenvalue weighted by Crippen LogP contribution is 2.36. The number of aromatic amines is 1. The van der Waals surface area contributed by atoms with Gasteiger partial charge in [-0.1, -0.05) is 44.5 Å². The number of H-pyrrole nitrogens is 1. The first-order chi connectivity index (χ1) is 10.6. The normalized spacial score (nSPS) is 14.7. The van der Waals surface area contributed by atoms with Gasteiger partial charge in [-0.2, -0.15) is 0 Å². The Kier molecular flexibility index (Phi) is 5.11. The van der Waals surface area contributed by atoms with Gasteiger partial charge < -0.3 is 5.11 Å². The van der Waals surface area contributed by atoms with Crippen LogP contribution in [0.3, 0.4) is 0 Å². The van der Waals surface area contributed by atoms with Crippen molar-refractivity contribution in [1.82, 2.24) is 14.8 Å². The fraction of sp³-hybridized carbons (Fsp3) is 0.556. The minimum absolute atomic E-state index is 0.272. The molecule has 0 aliphatic carbocycles. The summed E-state index contributed by atoms with van der Waals surface area (Å²) in [6.45, 7) is 10.8. The zero-order valence-corrected chi connectivity index (χ0v) is 15.5. The average molecular weight is 334 g/mol. The highest BCUT2D eigenvalue weighted by Gasteiger charge is 2.40. The van der Waals surface area contributed by atoms with E-state index in [9.17, 15) is 5.11 Å². The molecule has 2 aromatic rings. The van der Waals surface area contributed by atoms with Gasteiger partial charge in [-0.05, 0) is 55.4 Å². The van der Waals surface area contributed by atoms with Crippen LogP contribution < -0.4 is 0 Å². The van der Waals surface area contributed by atoms with Crippen LogP contribution in [0.25, 0.3) is 0 Å². The third-order valence-corrected chi connectivity index (χ3v) is 5.07. The molecule has 1 atom stereocenters. The first kappa shape index (κ1) is 17.9. The summed E-state index contributed by atoms with van der Waals surface area (Å²) in [4.78, 5) is 4.04. The van der Waals surface area contributed by atoms with E-state index in [1.54, 1.807) is 11.0 Å². The van der Waals surface area contributed by atoms with Crippen LogP contribution in [0.1, 0.15) is 43.9 Å². The summed E-state index contributed by atoms with van der Waals surface area (Å²) in [5.74, 6) is 0. The van der Waals surface area contributed by atoms with Crippen molar-refractivity contribution in [3.05, 3.63) is 46.0 Å². The molecule has 0 fully saturated rings. The van der Waals surface area contributed by atoms with E-state index >= 15 is 0 Å². The molecule has 1 aromatic carbocycles. The van der Waals surface area contributed by atoms with Gasteiger partial charge in [-0.25, -0.2) is 4.98 Å². The Morgan fingerprint density at radius 2 is 1.96 bits per heavy atom. The van der Waals surface area contributed by atoms with Gasteiger partial charge in [0.2, 0.25) is 4.77 Å². The van der Waals surface area contributed by atoms with Crippen molar-refractivity contribution in [2.75, 3.05) is 0 Å². The summed E-state index contributed by atoms with van der Waals surface area (Å²) in [7, 11) is 0. The molecule has 23 heavy (non-hydrogen) atoms. The Morgan fingerprint density at radius 1 is 1.26 bits per heavy atom. The number of hydrogen-bond donors (Lipinski definition) is 2. The molecule has 1 unspecified atom stereocenters. The van der Waals surface area contributed by atoms with Gasteiger partial charge in [0.15, 0.2) is 0 Å². The zero-order valence-electron chi connectivity index (χ0n) is 14.7.